The third kappa shape index (κ3) is 2.16. The molecule has 0 unspecified atom stereocenters. The molecular formula is C20H28O2. The molecule has 2 aliphatic rings. The summed E-state index contributed by atoms with van der Waals surface area (Å²) in [5.41, 5.74) is 2.65. The lowest BCUT2D eigenvalue weighted by Gasteiger charge is -2.54. The lowest BCUT2D eigenvalue weighted by atomic mass is 9.51. The van der Waals surface area contributed by atoms with Gasteiger partial charge in [-0.1, -0.05) is 45.1 Å². The summed E-state index contributed by atoms with van der Waals surface area (Å²) >= 11 is 0. The molecule has 1 saturated carbocycles. The Labute approximate surface area is 133 Å². The Hall–Kier alpha value is -1.12. The van der Waals surface area contributed by atoms with E-state index in [0.29, 0.717) is 5.92 Å². The van der Waals surface area contributed by atoms with Gasteiger partial charge in [0.05, 0.1) is 11.7 Å². The first-order valence-electron chi connectivity index (χ1n) is 8.30. The van der Waals surface area contributed by atoms with Crippen LogP contribution in [0, 0.1) is 11.3 Å². The molecular weight excluding hydrogens is 272 g/mol. The van der Waals surface area contributed by atoms with Gasteiger partial charge in [0, 0.05) is 5.41 Å². The highest BCUT2D eigenvalue weighted by atomic mass is 16.3. The van der Waals surface area contributed by atoms with Gasteiger partial charge in [0.1, 0.15) is 0 Å². The fourth-order valence-corrected chi connectivity index (χ4v) is 4.56. The molecule has 0 aromatic heterocycles. The van der Waals surface area contributed by atoms with Gasteiger partial charge < -0.3 is 10.2 Å². The van der Waals surface area contributed by atoms with Crippen LogP contribution in [0.25, 0.3) is 6.08 Å². The van der Waals surface area contributed by atoms with Gasteiger partial charge in [-0.25, -0.2) is 0 Å². The van der Waals surface area contributed by atoms with Gasteiger partial charge >= 0.3 is 0 Å². The fraction of sp³-hybridized carbons (Fsp3) is 0.600. The number of rotatable bonds is 1. The summed E-state index contributed by atoms with van der Waals surface area (Å²) in [6.07, 6.45) is 6.06. The van der Waals surface area contributed by atoms with Crippen molar-refractivity contribution in [3.63, 3.8) is 0 Å². The topological polar surface area (TPSA) is 40.5 Å². The molecule has 3 atom stereocenters. The monoisotopic (exact) mass is 300 g/mol. The Kier molecular flexibility index (Phi) is 3.36. The van der Waals surface area contributed by atoms with Crippen LogP contribution < -0.4 is 0 Å². The van der Waals surface area contributed by atoms with Crippen molar-refractivity contribution in [2.45, 2.75) is 64.6 Å². The van der Waals surface area contributed by atoms with Crippen molar-refractivity contribution in [1.29, 1.82) is 0 Å². The molecule has 1 aromatic rings. The van der Waals surface area contributed by atoms with Crippen molar-refractivity contribution in [3.8, 4) is 0 Å². The highest BCUT2D eigenvalue weighted by Crippen LogP contribution is 2.55. The highest BCUT2D eigenvalue weighted by Gasteiger charge is 2.52. The first kappa shape index (κ1) is 15.8. The van der Waals surface area contributed by atoms with Crippen LogP contribution in [-0.4, -0.2) is 16.3 Å². The smallest absolute Gasteiger partial charge is 0.0840 e. The summed E-state index contributed by atoms with van der Waals surface area (Å²) in [5, 5.41) is 20.7. The second kappa shape index (κ2) is 4.69. The van der Waals surface area contributed by atoms with E-state index in [0.717, 1.165) is 18.4 Å². The summed E-state index contributed by atoms with van der Waals surface area (Å²) in [5.74, 6) is 0.337. The molecule has 0 heterocycles. The van der Waals surface area contributed by atoms with Gasteiger partial charge in [-0.3, -0.25) is 0 Å². The molecule has 120 valence electrons. The summed E-state index contributed by atoms with van der Waals surface area (Å²) in [6.45, 7) is 10.3. The molecule has 1 fully saturated rings. The number of aliphatic hydroxyl groups excluding tert-OH is 1. The summed E-state index contributed by atoms with van der Waals surface area (Å²) < 4.78 is 0. The van der Waals surface area contributed by atoms with Gasteiger partial charge in [-0.05, 0) is 60.8 Å². The van der Waals surface area contributed by atoms with E-state index in [4.69, 9.17) is 0 Å². The van der Waals surface area contributed by atoms with Gasteiger partial charge in [-0.15, -0.1) is 0 Å². The van der Waals surface area contributed by atoms with E-state index in [2.05, 4.69) is 51.1 Å². The predicted octanol–water partition coefficient (Wildman–Crippen LogP) is 4.00. The van der Waals surface area contributed by atoms with Crippen LogP contribution in [0.15, 0.2) is 24.3 Å². The van der Waals surface area contributed by atoms with Crippen molar-refractivity contribution in [2.75, 3.05) is 0 Å². The van der Waals surface area contributed by atoms with E-state index in [1.165, 1.54) is 11.1 Å². The number of aliphatic hydroxyl groups is 2. The molecule has 3 rings (SSSR count). The minimum absolute atomic E-state index is 0.0605. The van der Waals surface area contributed by atoms with E-state index >= 15 is 0 Å². The SMILES string of the molecule is CC(C)(O)c1ccc2c(c1)C=C[C@@H]1C(C)(C)[C@H](O)CC[C@@]21C. The number of hydrogen-bond acceptors (Lipinski definition) is 2. The number of allylic oxidation sites excluding steroid dienone is 1. The van der Waals surface area contributed by atoms with E-state index in [1.54, 1.807) is 0 Å². The van der Waals surface area contributed by atoms with Gasteiger partial charge in [0.25, 0.3) is 0 Å². The van der Waals surface area contributed by atoms with Crippen LogP contribution in [-0.2, 0) is 11.0 Å². The number of hydrogen-bond donors (Lipinski definition) is 2. The first-order valence-corrected chi connectivity index (χ1v) is 8.30. The molecule has 1 aromatic carbocycles. The Bertz CT molecular complexity index is 621. The van der Waals surface area contributed by atoms with Crippen LogP contribution >= 0.6 is 0 Å². The minimum atomic E-state index is -0.817. The minimum Gasteiger partial charge on any atom is -0.393 e. The molecule has 2 heteroatoms. The summed E-state index contributed by atoms with van der Waals surface area (Å²) in [6, 6.07) is 6.36. The summed E-state index contributed by atoms with van der Waals surface area (Å²) in [4.78, 5) is 0. The van der Waals surface area contributed by atoms with Crippen LogP contribution in [0.2, 0.25) is 0 Å². The third-order valence-corrected chi connectivity index (χ3v) is 6.13. The van der Waals surface area contributed by atoms with Crippen molar-refractivity contribution < 1.29 is 10.2 Å². The maximum absolute atomic E-state index is 10.4. The molecule has 0 aliphatic heterocycles. The van der Waals surface area contributed by atoms with Crippen molar-refractivity contribution in [2.24, 2.45) is 11.3 Å². The zero-order chi connectivity index (χ0) is 16.3. The average Bonchev–Trinajstić information content (AvgIpc) is 2.42. The normalized spacial score (nSPS) is 33.2. The van der Waals surface area contributed by atoms with Crippen molar-refractivity contribution >= 4 is 6.08 Å². The average molecular weight is 300 g/mol. The van der Waals surface area contributed by atoms with E-state index in [9.17, 15) is 10.2 Å². The maximum Gasteiger partial charge on any atom is 0.0840 e. The van der Waals surface area contributed by atoms with E-state index < -0.39 is 5.60 Å². The molecule has 2 nitrogen and oxygen atoms in total. The maximum atomic E-state index is 10.4. The third-order valence-electron chi connectivity index (χ3n) is 6.13. The second-order valence-electron chi connectivity index (χ2n) is 8.49. The largest absolute Gasteiger partial charge is 0.393 e. The standard InChI is InChI=1S/C20H28O2/c1-18(2)16-9-6-13-12-14(19(3,4)22)7-8-15(13)20(16,5)11-10-17(18)21/h6-9,12,16-17,21-22H,10-11H2,1-5H3/t16-,17-,20+/m1/s1. The van der Waals surface area contributed by atoms with Crippen molar-refractivity contribution in [1.82, 2.24) is 0 Å². The van der Waals surface area contributed by atoms with Gasteiger partial charge in [-0.2, -0.15) is 0 Å². The molecule has 0 spiro atoms. The Morgan fingerprint density at radius 1 is 1.18 bits per heavy atom. The van der Waals surface area contributed by atoms with Crippen LogP contribution in [0.5, 0.6) is 0 Å². The number of fused-ring (bicyclic) bond motifs is 3. The van der Waals surface area contributed by atoms with Gasteiger partial charge in [0.2, 0.25) is 0 Å². The van der Waals surface area contributed by atoms with E-state index in [1.807, 2.05) is 13.8 Å². The first-order chi connectivity index (χ1) is 10.1. The lowest BCUT2D eigenvalue weighted by molar-refractivity contribution is -0.0482. The van der Waals surface area contributed by atoms with Crippen LogP contribution in [0.4, 0.5) is 0 Å². The quantitative estimate of drug-likeness (QED) is 0.823. The number of benzene rings is 1. The van der Waals surface area contributed by atoms with Gasteiger partial charge in [0.15, 0.2) is 0 Å². The molecule has 22 heavy (non-hydrogen) atoms. The van der Waals surface area contributed by atoms with Crippen molar-refractivity contribution in [3.05, 3.63) is 41.0 Å². The Morgan fingerprint density at radius 3 is 2.50 bits per heavy atom. The summed E-state index contributed by atoms with van der Waals surface area (Å²) in [7, 11) is 0. The predicted molar refractivity (Wildman–Crippen MR) is 90.6 cm³/mol. The molecule has 0 amide bonds. The molecule has 0 radical (unpaired) electrons. The zero-order valence-corrected chi connectivity index (χ0v) is 14.4. The Morgan fingerprint density at radius 2 is 1.86 bits per heavy atom. The molecule has 0 saturated heterocycles. The molecule has 2 N–H and O–H groups in total. The fourth-order valence-electron chi connectivity index (χ4n) is 4.56. The Balaban J connectivity index is 2.11. The highest BCUT2D eigenvalue weighted by molar-refractivity contribution is 5.62. The second-order valence-corrected chi connectivity index (χ2v) is 8.49. The molecule has 2 aliphatic carbocycles. The van der Waals surface area contributed by atoms with Crippen LogP contribution in [0.3, 0.4) is 0 Å². The lowest BCUT2D eigenvalue weighted by Crippen LogP contribution is -2.52. The van der Waals surface area contributed by atoms with E-state index in [-0.39, 0.29) is 16.9 Å². The molecule has 0 bridgehead atoms. The van der Waals surface area contributed by atoms with Crippen LogP contribution in [0.1, 0.15) is 64.2 Å². The zero-order valence-electron chi connectivity index (χ0n) is 14.4.